The molecular weight excluding hydrogens is 226 g/mol. The van der Waals surface area contributed by atoms with Crippen molar-refractivity contribution in [3.05, 3.63) is 29.8 Å². The van der Waals surface area contributed by atoms with Crippen LogP contribution in [0.3, 0.4) is 0 Å². The molecule has 2 unspecified atom stereocenters. The minimum absolute atomic E-state index is 0.153. The Labute approximate surface area is 108 Å². The zero-order valence-corrected chi connectivity index (χ0v) is 10.8. The molecule has 0 saturated heterocycles. The number of hydrogen-bond donors (Lipinski definition) is 3. The van der Waals surface area contributed by atoms with Crippen LogP contribution in [-0.4, -0.2) is 18.6 Å². The van der Waals surface area contributed by atoms with E-state index in [1.165, 1.54) is 6.42 Å². The lowest BCUT2D eigenvalue weighted by atomic mass is 10.1. The van der Waals surface area contributed by atoms with Crippen molar-refractivity contribution in [1.29, 1.82) is 0 Å². The maximum Gasteiger partial charge on any atom is 0.319 e. The third-order valence-corrected chi connectivity index (χ3v) is 3.52. The summed E-state index contributed by atoms with van der Waals surface area (Å²) in [4.78, 5) is 11.7. The number of nitrogens with one attached hydrogen (secondary N) is 2. The fourth-order valence-electron chi connectivity index (χ4n) is 2.44. The first-order valence-corrected chi connectivity index (χ1v) is 6.52. The van der Waals surface area contributed by atoms with Crippen LogP contribution in [0.5, 0.6) is 0 Å². The molecule has 0 bridgehead atoms. The quantitative estimate of drug-likeness (QED) is 0.767. The van der Waals surface area contributed by atoms with E-state index in [4.69, 9.17) is 5.73 Å². The maximum atomic E-state index is 11.7. The fraction of sp³-hybridized carbons (Fsp3) is 0.500. The van der Waals surface area contributed by atoms with E-state index in [1.54, 1.807) is 0 Å². The molecule has 2 rings (SSSR count). The van der Waals surface area contributed by atoms with Gasteiger partial charge in [-0.05, 0) is 43.4 Å². The SMILES string of the molecule is Cc1cccc(NC(=O)NCC2CCCC2N)c1. The molecule has 18 heavy (non-hydrogen) atoms. The van der Waals surface area contributed by atoms with Crippen LogP contribution in [0, 0.1) is 12.8 Å². The first-order chi connectivity index (χ1) is 8.65. The number of aryl methyl sites for hydroxylation is 1. The Morgan fingerprint density at radius 2 is 2.28 bits per heavy atom. The molecular formula is C14H21N3O. The predicted octanol–water partition coefficient (Wildman–Crippen LogP) is 2.24. The van der Waals surface area contributed by atoms with Gasteiger partial charge in [-0.3, -0.25) is 0 Å². The van der Waals surface area contributed by atoms with Gasteiger partial charge in [0.05, 0.1) is 0 Å². The maximum absolute atomic E-state index is 11.7. The second-order valence-electron chi connectivity index (χ2n) is 5.06. The standard InChI is InChI=1S/C14H21N3O/c1-10-4-2-6-12(8-10)17-14(18)16-9-11-5-3-7-13(11)15/h2,4,6,8,11,13H,3,5,7,9,15H2,1H3,(H2,16,17,18). The van der Waals surface area contributed by atoms with Crippen molar-refractivity contribution in [3.8, 4) is 0 Å². The molecule has 4 N–H and O–H groups in total. The number of anilines is 1. The van der Waals surface area contributed by atoms with Crippen molar-refractivity contribution < 1.29 is 4.79 Å². The molecule has 0 aromatic heterocycles. The summed E-state index contributed by atoms with van der Waals surface area (Å²) in [5, 5.41) is 5.72. The van der Waals surface area contributed by atoms with Crippen LogP contribution >= 0.6 is 0 Å². The molecule has 1 aliphatic rings. The smallest absolute Gasteiger partial charge is 0.319 e. The predicted molar refractivity (Wildman–Crippen MR) is 73.5 cm³/mol. The summed E-state index contributed by atoms with van der Waals surface area (Å²) in [7, 11) is 0. The summed E-state index contributed by atoms with van der Waals surface area (Å²) in [5.74, 6) is 0.424. The fourth-order valence-corrected chi connectivity index (χ4v) is 2.44. The highest BCUT2D eigenvalue weighted by atomic mass is 16.2. The van der Waals surface area contributed by atoms with Crippen LogP contribution in [0.2, 0.25) is 0 Å². The van der Waals surface area contributed by atoms with Gasteiger partial charge in [-0.15, -0.1) is 0 Å². The first kappa shape index (κ1) is 12.9. The minimum Gasteiger partial charge on any atom is -0.338 e. The molecule has 98 valence electrons. The molecule has 1 saturated carbocycles. The van der Waals surface area contributed by atoms with Gasteiger partial charge in [0.25, 0.3) is 0 Å². The Hall–Kier alpha value is -1.55. The zero-order valence-electron chi connectivity index (χ0n) is 10.8. The van der Waals surface area contributed by atoms with Crippen molar-refractivity contribution in [2.75, 3.05) is 11.9 Å². The van der Waals surface area contributed by atoms with Crippen LogP contribution < -0.4 is 16.4 Å². The highest BCUT2D eigenvalue weighted by Gasteiger charge is 2.23. The van der Waals surface area contributed by atoms with E-state index >= 15 is 0 Å². The van der Waals surface area contributed by atoms with E-state index in [1.807, 2.05) is 31.2 Å². The van der Waals surface area contributed by atoms with Gasteiger partial charge in [-0.1, -0.05) is 18.6 Å². The zero-order chi connectivity index (χ0) is 13.0. The number of nitrogens with two attached hydrogens (primary N) is 1. The summed E-state index contributed by atoms with van der Waals surface area (Å²) >= 11 is 0. The third-order valence-electron chi connectivity index (χ3n) is 3.52. The van der Waals surface area contributed by atoms with E-state index in [9.17, 15) is 4.79 Å². The first-order valence-electron chi connectivity index (χ1n) is 6.52. The van der Waals surface area contributed by atoms with Gasteiger partial charge in [0.15, 0.2) is 0 Å². The summed E-state index contributed by atoms with van der Waals surface area (Å²) in [6, 6.07) is 7.84. The third kappa shape index (κ3) is 3.47. The molecule has 1 fully saturated rings. The normalized spacial score (nSPS) is 22.8. The summed E-state index contributed by atoms with van der Waals surface area (Å²) < 4.78 is 0. The van der Waals surface area contributed by atoms with Gasteiger partial charge < -0.3 is 16.4 Å². The Morgan fingerprint density at radius 3 is 2.94 bits per heavy atom. The van der Waals surface area contributed by atoms with Crippen LogP contribution in [0.1, 0.15) is 24.8 Å². The second kappa shape index (κ2) is 5.87. The summed E-state index contributed by atoms with van der Waals surface area (Å²) in [6.07, 6.45) is 3.37. The van der Waals surface area contributed by atoms with Gasteiger partial charge in [0, 0.05) is 18.3 Å². The Balaban J connectivity index is 1.78. The highest BCUT2D eigenvalue weighted by molar-refractivity contribution is 5.89. The van der Waals surface area contributed by atoms with Gasteiger partial charge in [-0.2, -0.15) is 0 Å². The highest BCUT2D eigenvalue weighted by Crippen LogP contribution is 2.23. The lowest BCUT2D eigenvalue weighted by Gasteiger charge is -2.16. The molecule has 2 atom stereocenters. The van der Waals surface area contributed by atoms with Crippen LogP contribution in [0.4, 0.5) is 10.5 Å². The number of carbonyl (C=O) groups is 1. The van der Waals surface area contributed by atoms with E-state index in [2.05, 4.69) is 10.6 Å². The largest absolute Gasteiger partial charge is 0.338 e. The van der Waals surface area contributed by atoms with Crippen LogP contribution in [0.15, 0.2) is 24.3 Å². The molecule has 2 amide bonds. The number of carbonyl (C=O) groups excluding carboxylic acids is 1. The van der Waals surface area contributed by atoms with Gasteiger partial charge >= 0.3 is 6.03 Å². The number of urea groups is 1. The second-order valence-corrected chi connectivity index (χ2v) is 5.06. The van der Waals surface area contributed by atoms with Gasteiger partial charge in [-0.25, -0.2) is 4.79 Å². The molecule has 1 aromatic rings. The Kier molecular flexibility index (Phi) is 4.20. The molecule has 0 spiro atoms. The molecule has 1 aromatic carbocycles. The van der Waals surface area contributed by atoms with E-state index < -0.39 is 0 Å². The molecule has 4 nitrogen and oxygen atoms in total. The average Bonchev–Trinajstić information content (AvgIpc) is 2.72. The van der Waals surface area contributed by atoms with E-state index in [0.717, 1.165) is 24.1 Å². The number of hydrogen-bond acceptors (Lipinski definition) is 2. The molecule has 0 radical (unpaired) electrons. The van der Waals surface area contributed by atoms with Crippen molar-refractivity contribution >= 4 is 11.7 Å². The minimum atomic E-state index is -0.153. The van der Waals surface area contributed by atoms with Gasteiger partial charge in [0.1, 0.15) is 0 Å². The van der Waals surface area contributed by atoms with E-state index in [0.29, 0.717) is 12.5 Å². The number of amides is 2. The number of benzene rings is 1. The van der Waals surface area contributed by atoms with Crippen LogP contribution in [-0.2, 0) is 0 Å². The van der Waals surface area contributed by atoms with Crippen molar-refractivity contribution in [2.24, 2.45) is 11.7 Å². The lowest BCUT2D eigenvalue weighted by Crippen LogP contribution is -2.38. The summed E-state index contributed by atoms with van der Waals surface area (Å²) in [5.41, 5.74) is 7.92. The van der Waals surface area contributed by atoms with Crippen molar-refractivity contribution in [3.63, 3.8) is 0 Å². The number of rotatable bonds is 3. The van der Waals surface area contributed by atoms with Crippen molar-refractivity contribution in [2.45, 2.75) is 32.2 Å². The molecule has 4 heteroatoms. The average molecular weight is 247 g/mol. The van der Waals surface area contributed by atoms with Gasteiger partial charge in [0.2, 0.25) is 0 Å². The monoisotopic (exact) mass is 247 g/mol. The van der Waals surface area contributed by atoms with E-state index in [-0.39, 0.29) is 12.1 Å². The summed E-state index contributed by atoms with van der Waals surface area (Å²) in [6.45, 7) is 2.67. The molecule has 1 aliphatic carbocycles. The molecule has 0 aliphatic heterocycles. The van der Waals surface area contributed by atoms with Crippen molar-refractivity contribution in [1.82, 2.24) is 5.32 Å². The molecule has 0 heterocycles. The Morgan fingerprint density at radius 1 is 1.44 bits per heavy atom. The Bertz CT molecular complexity index is 419. The topological polar surface area (TPSA) is 67.2 Å². The lowest BCUT2D eigenvalue weighted by molar-refractivity contribution is 0.249. The van der Waals surface area contributed by atoms with Crippen LogP contribution in [0.25, 0.3) is 0 Å².